The maximum atomic E-state index is 4.54. The molecule has 0 spiro atoms. The van der Waals surface area contributed by atoms with Gasteiger partial charge in [-0.05, 0) is 31.4 Å². The van der Waals surface area contributed by atoms with E-state index in [-0.39, 0.29) is 0 Å². The van der Waals surface area contributed by atoms with Crippen LogP contribution in [0.25, 0.3) is 0 Å². The van der Waals surface area contributed by atoms with Crippen molar-refractivity contribution in [3.8, 4) is 0 Å². The maximum Gasteiger partial charge on any atom is 0.0762 e. The second-order valence-electron chi connectivity index (χ2n) is 3.93. The molecule has 0 saturated carbocycles. The molecule has 1 nitrogen and oxygen atoms in total. The average Bonchev–Trinajstić information content (AvgIpc) is 2.07. The van der Waals surface area contributed by atoms with Crippen LogP contribution in [0.4, 0.5) is 5.69 Å². The fraction of sp³-hybridized carbons (Fsp3) is 0.417. The van der Waals surface area contributed by atoms with Gasteiger partial charge >= 0.3 is 0 Å². The normalized spacial score (nSPS) is 12.2. The van der Waals surface area contributed by atoms with E-state index < -0.39 is 0 Å². The van der Waals surface area contributed by atoms with Crippen molar-refractivity contribution in [3.63, 3.8) is 0 Å². The molecule has 0 bridgehead atoms. The molecule has 0 fully saturated rings. The summed E-state index contributed by atoms with van der Waals surface area (Å²) >= 11 is 4.36. The van der Waals surface area contributed by atoms with Crippen LogP contribution in [0.15, 0.2) is 34.2 Å². The third-order valence-electron chi connectivity index (χ3n) is 1.90. The molecule has 0 atom stereocenters. The SMILES string of the molecule is CC(CC(C)C)=Nc1ccccc1S. The highest BCUT2D eigenvalue weighted by Gasteiger charge is 1.99. The van der Waals surface area contributed by atoms with Crippen molar-refractivity contribution in [1.29, 1.82) is 0 Å². The smallest absolute Gasteiger partial charge is 0.0762 e. The van der Waals surface area contributed by atoms with Gasteiger partial charge in [0.15, 0.2) is 0 Å². The number of hydrogen-bond acceptors (Lipinski definition) is 2. The van der Waals surface area contributed by atoms with Crippen molar-refractivity contribution in [1.82, 2.24) is 0 Å². The van der Waals surface area contributed by atoms with Crippen LogP contribution in [-0.2, 0) is 0 Å². The summed E-state index contributed by atoms with van der Waals surface area (Å²) in [5.74, 6) is 0.658. The zero-order valence-electron chi connectivity index (χ0n) is 8.99. The lowest BCUT2D eigenvalue weighted by atomic mass is 10.1. The van der Waals surface area contributed by atoms with Gasteiger partial charge in [0.05, 0.1) is 5.69 Å². The summed E-state index contributed by atoms with van der Waals surface area (Å²) in [7, 11) is 0. The first-order chi connectivity index (χ1) is 6.59. The predicted molar refractivity (Wildman–Crippen MR) is 65.9 cm³/mol. The van der Waals surface area contributed by atoms with E-state index in [2.05, 4.69) is 38.4 Å². The lowest BCUT2D eigenvalue weighted by Gasteiger charge is -2.05. The molecule has 0 aromatic heterocycles. The van der Waals surface area contributed by atoms with Crippen molar-refractivity contribution in [3.05, 3.63) is 24.3 Å². The zero-order valence-corrected chi connectivity index (χ0v) is 9.88. The molecule has 0 aliphatic rings. The zero-order chi connectivity index (χ0) is 10.6. The predicted octanol–water partition coefficient (Wildman–Crippen LogP) is 4.11. The fourth-order valence-electron chi connectivity index (χ4n) is 1.40. The van der Waals surface area contributed by atoms with Crippen molar-refractivity contribution in [2.45, 2.75) is 32.1 Å². The van der Waals surface area contributed by atoms with E-state index in [0.717, 1.165) is 17.0 Å². The van der Waals surface area contributed by atoms with Crippen LogP contribution in [0.5, 0.6) is 0 Å². The average molecular weight is 207 g/mol. The van der Waals surface area contributed by atoms with Crippen LogP contribution in [0.1, 0.15) is 27.2 Å². The Morgan fingerprint density at radius 3 is 2.57 bits per heavy atom. The third kappa shape index (κ3) is 3.54. The topological polar surface area (TPSA) is 12.4 Å². The summed E-state index contributed by atoms with van der Waals surface area (Å²) < 4.78 is 0. The highest BCUT2D eigenvalue weighted by atomic mass is 32.1. The molecule has 76 valence electrons. The molecule has 0 saturated heterocycles. The van der Waals surface area contributed by atoms with Gasteiger partial charge in [0.1, 0.15) is 0 Å². The summed E-state index contributed by atoms with van der Waals surface area (Å²) in [6.07, 6.45) is 1.04. The van der Waals surface area contributed by atoms with Gasteiger partial charge in [-0.3, -0.25) is 4.99 Å². The van der Waals surface area contributed by atoms with Gasteiger partial charge in [-0.1, -0.05) is 26.0 Å². The highest BCUT2D eigenvalue weighted by molar-refractivity contribution is 7.80. The lowest BCUT2D eigenvalue weighted by molar-refractivity contribution is 0.682. The monoisotopic (exact) mass is 207 g/mol. The van der Waals surface area contributed by atoms with Crippen molar-refractivity contribution < 1.29 is 0 Å². The first kappa shape index (κ1) is 11.3. The molecule has 1 aromatic carbocycles. The van der Waals surface area contributed by atoms with Crippen LogP contribution in [0, 0.1) is 5.92 Å². The summed E-state index contributed by atoms with van der Waals surface area (Å²) in [6, 6.07) is 7.91. The Morgan fingerprint density at radius 2 is 2.00 bits per heavy atom. The van der Waals surface area contributed by atoms with Gasteiger partial charge in [0.25, 0.3) is 0 Å². The molecule has 1 aromatic rings. The maximum absolute atomic E-state index is 4.54. The Hall–Kier alpha value is -0.760. The second-order valence-corrected chi connectivity index (χ2v) is 4.42. The van der Waals surface area contributed by atoms with E-state index in [0.29, 0.717) is 5.92 Å². The first-order valence-electron chi connectivity index (χ1n) is 4.91. The van der Waals surface area contributed by atoms with E-state index in [1.165, 1.54) is 5.71 Å². The Balaban J connectivity index is 2.81. The molecule has 14 heavy (non-hydrogen) atoms. The highest BCUT2D eigenvalue weighted by Crippen LogP contribution is 2.22. The minimum atomic E-state index is 0.658. The van der Waals surface area contributed by atoms with Gasteiger partial charge in [0, 0.05) is 10.6 Å². The van der Waals surface area contributed by atoms with Crippen molar-refractivity contribution in [2.24, 2.45) is 10.9 Å². The lowest BCUT2D eigenvalue weighted by Crippen LogP contribution is -1.97. The van der Waals surface area contributed by atoms with E-state index in [1.54, 1.807) is 0 Å². The van der Waals surface area contributed by atoms with Crippen molar-refractivity contribution in [2.75, 3.05) is 0 Å². The second kappa shape index (κ2) is 5.20. The molecule has 0 heterocycles. The standard InChI is InChI=1S/C12H17NS/c1-9(2)8-10(3)13-11-6-4-5-7-12(11)14/h4-7,9,14H,8H2,1-3H3. The summed E-state index contributed by atoms with van der Waals surface area (Å²) in [5, 5.41) is 0. The Morgan fingerprint density at radius 1 is 1.36 bits per heavy atom. The molecule has 1 rings (SSSR count). The number of para-hydroxylation sites is 1. The molecular formula is C12H17NS. The minimum absolute atomic E-state index is 0.658. The molecular weight excluding hydrogens is 190 g/mol. The molecule has 0 aliphatic heterocycles. The Kier molecular flexibility index (Phi) is 4.21. The van der Waals surface area contributed by atoms with Crippen LogP contribution in [0.3, 0.4) is 0 Å². The summed E-state index contributed by atoms with van der Waals surface area (Å²) in [5.41, 5.74) is 2.13. The van der Waals surface area contributed by atoms with Crippen LogP contribution in [0.2, 0.25) is 0 Å². The number of benzene rings is 1. The quantitative estimate of drug-likeness (QED) is 0.565. The van der Waals surface area contributed by atoms with Crippen molar-refractivity contribution >= 4 is 24.0 Å². The van der Waals surface area contributed by atoms with Gasteiger partial charge in [-0.15, -0.1) is 12.6 Å². The van der Waals surface area contributed by atoms with Crippen LogP contribution >= 0.6 is 12.6 Å². The van der Waals surface area contributed by atoms with E-state index >= 15 is 0 Å². The Labute approximate surface area is 91.7 Å². The van der Waals surface area contributed by atoms with E-state index in [4.69, 9.17) is 0 Å². The van der Waals surface area contributed by atoms with E-state index in [9.17, 15) is 0 Å². The first-order valence-corrected chi connectivity index (χ1v) is 5.36. The molecule has 0 radical (unpaired) electrons. The van der Waals surface area contributed by atoms with Crippen LogP contribution in [-0.4, -0.2) is 5.71 Å². The molecule has 0 amide bonds. The van der Waals surface area contributed by atoms with Gasteiger partial charge < -0.3 is 0 Å². The number of rotatable bonds is 3. The van der Waals surface area contributed by atoms with Gasteiger partial charge in [-0.25, -0.2) is 0 Å². The number of thiol groups is 1. The number of nitrogens with zero attached hydrogens (tertiary/aromatic N) is 1. The van der Waals surface area contributed by atoms with Crippen LogP contribution < -0.4 is 0 Å². The third-order valence-corrected chi connectivity index (χ3v) is 2.27. The summed E-state index contributed by atoms with van der Waals surface area (Å²) in [6.45, 7) is 6.47. The Bertz CT molecular complexity index is 329. The summed E-state index contributed by atoms with van der Waals surface area (Å²) in [4.78, 5) is 5.48. The molecule has 0 unspecified atom stereocenters. The van der Waals surface area contributed by atoms with E-state index in [1.807, 2.05) is 24.3 Å². The fourth-order valence-corrected chi connectivity index (χ4v) is 1.61. The number of hydrogen-bond donors (Lipinski definition) is 1. The van der Waals surface area contributed by atoms with Gasteiger partial charge in [-0.2, -0.15) is 0 Å². The van der Waals surface area contributed by atoms with Gasteiger partial charge in [0.2, 0.25) is 0 Å². The molecule has 2 heteroatoms. The number of aliphatic imine (C=N–C) groups is 1. The molecule has 0 N–H and O–H groups in total. The molecule has 0 aliphatic carbocycles. The largest absolute Gasteiger partial charge is 0.257 e. The minimum Gasteiger partial charge on any atom is -0.257 e.